The second-order valence-electron chi connectivity index (χ2n) is 15.0. The fourth-order valence-electron chi connectivity index (χ4n) is 4.08. The Labute approximate surface area is 340 Å². The number of carbonyl (C=O) groups excluding carboxylic acids is 3. The first kappa shape index (κ1) is 52.2. The van der Waals surface area contributed by atoms with Crippen LogP contribution < -0.4 is 9.84 Å². The number of amides is 1. The lowest BCUT2D eigenvalue weighted by atomic mass is 9.96. The molecule has 1 fully saturated rings. The van der Waals surface area contributed by atoms with E-state index in [-0.39, 0.29) is 25.4 Å². The van der Waals surface area contributed by atoms with Crippen molar-refractivity contribution >= 4 is 46.8 Å². The molecule has 0 aromatic heterocycles. The summed E-state index contributed by atoms with van der Waals surface area (Å²) in [6.07, 6.45) is -6.30. The summed E-state index contributed by atoms with van der Waals surface area (Å²) < 4.78 is 133. The number of aliphatic carboxylic acids is 1. The van der Waals surface area contributed by atoms with Gasteiger partial charge in [0.05, 0.1) is 57.1 Å². The van der Waals surface area contributed by atoms with Crippen molar-refractivity contribution in [1.29, 1.82) is 0 Å². The number of rotatable bonds is 24. The third kappa shape index (κ3) is 20.0. The van der Waals surface area contributed by atoms with Crippen LogP contribution in [0.1, 0.15) is 66.9 Å². The number of halogens is 3. The highest BCUT2D eigenvalue weighted by Crippen LogP contribution is 2.64. The smallest absolute Gasteiger partial charge is 0.480 e. The van der Waals surface area contributed by atoms with Gasteiger partial charge in [0, 0.05) is 12.5 Å². The van der Waals surface area contributed by atoms with Crippen molar-refractivity contribution < 1.29 is 97.0 Å². The van der Waals surface area contributed by atoms with E-state index in [0.717, 1.165) is 0 Å². The highest BCUT2D eigenvalue weighted by molar-refractivity contribution is 7.71. The van der Waals surface area contributed by atoms with Crippen molar-refractivity contribution in [2.45, 2.75) is 80.4 Å². The fraction of sp³-hybridized carbons (Fsp3) is 0.706. The number of benzene rings is 1. The van der Waals surface area contributed by atoms with Crippen molar-refractivity contribution in [3.8, 4) is 5.75 Å². The zero-order valence-electron chi connectivity index (χ0n) is 33.8. The lowest BCUT2D eigenvalue weighted by Crippen LogP contribution is -2.38. The molecule has 1 aliphatic rings. The normalized spacial score (nSPS) is 17.3. The van der Waals surface area contributed by atoms with E-state index < -0.39 is 128 Å². The molecule has 0 radical (unpaired) electrons. The Morgan fingerprint density at radius 1 is 0.831 bits per heavy atom. The lowest BCUT2D eigenvalue weighted by molar-refractivity contribution is -0.208. The van der Waals surface area contributed by atoms with Crippen LogP contribution in [0, 0.1) is 16.7 Å². The number of ether oxygens (including phenoxy) is 3. The zero-order chi connectivity index (χ0) is 44.7. The SMILES string of the molecule is CC(CCOP(=O)(CP(=O)(OCCOCC(=O)O)OCc1ccc(OP2(=O)OCCCO2)cc1)OCCNC(=O)C(F)(F)F)C(OC(=O)C(C)(C)C)OC(=O)C(C)(C)C. The number of carboxylic acids is 1. The minimum absolute atomic E-state index is 0.0933. The quantitative estimate of drug-likeness (QED) is 0.0467. The van der Waals surface area contributed by atoms with E-state index in [2.05, 4.69) is 0 Å². The molecule has 25 heteroatoms. The first-order chi connectivity index (χ1) is 27.2. The Bertz CT molecular complexity index is 1660. The number of hydrogen-bond acceptors (Lipinski definition) is 17. The van der Waals surface area contributed by atoms with Crippen LogP contribution >= 0.6 is 23.0 Å². The van der Waals surface area contributed by atoms with E-state index in [1.807, 2.05) is 0 Å². The maximum absolute atomic E-state index is 14.2. The molecule has 0 aliphatic carbocycles. The summed E-state index contributed by atoms with van der Waals surface area (Å²) in [5.74, 6) is -6.92. The van der Waals surface area contributed by atoms with Gasteiger partial charge in [-0.1, -0.05) is 19.1 Å². The van der Waals surface area contributed by atoms with E-state index in [1.54, 1.807) is 46.9 Å². The maximum Gasteiger partial charge on any atom is 0.530 e. The van der Waals surface area contributed by atoms with Gasteiger partial charge in [0.25, 0.3) is 0 Å². The minimum Gasteiger partial charge on any atom is -0.480 e. The number of esters is 2. The first-order valence-corrected chi connectivity index (χ1v) is 23.1. The summed E-state index contributed by atoms with van der Waals surface area (Å²) in [5.41, 5.74) is -1.67. The molecule has 2 N–H and O–H groups in total. The van der Waals surface area contributed by atoms with Crippen LogP contribution in [0.15, 0.2) is 24.3 Å². The van der Waals surface area contributed by atoms with Gasteiger partial charge in [-0.15, -0.1) is 0 Å². The summed E-state index contributed by atoms with van der Waals surface area (Å²) in [5, 5.41) is 10.4. The topological polar surface area (TPSA) is 244 Å². The highest BCUT2D eigenvalue weighted by atomic mass is 31.2. The van der Waals surface area contributed by atoms with Crippen molar-refractivity contribution in [2.75, 3.05) is 58.7 Å². The molecule has 2 rings (SSSR count). The number of phosphoric acid groups is 1. The number of carboxylic acid groups (broad SMARTS) is 1. The molecule has 0 bridgehead atoms. The van der Waals surface area contributed by atoms with Crippen LogP contribution in [0.25, 0.3) is 0 Å². The Morgan fingerprint density at radius 2 is 1.36 bits per heavy atom. The molecule has 338 valence electrons. The molecular formula is C34H53F3NO18P3. The lowest BCUT2D eigenvalue weighted by Gasteiger charge is -2.30. The van der Waals surface area contributed by atoms with Gasteiger partial charge in [0.2, 0.25) is 6.29 Å². The first-order valence-electron chi connectivity index (χ1n) is 18.2. The largest absolute Gasteiger partial charge is 0.530 e. The van der Waals surface area contributed by atoms with E-state index in [9.17, 15) is 46.0 Å². The van der Waals surface area contributed by atoms with Gasteiger partial charge in [0.1, 0.15) is 12.4 Å². The third-order valence-corrected chi connectivity index (χ3v) is 13.8. The Kier molecular flexibility index (Phi) is 20.2. The third-order valence-electron chi connectivity index (χ3n) is 7.37. The summed E-state index contributed by atoms with van der Waals surface area (Å²) in [7, 11) is -13.2. The van der Waals surface area contributed by atoms with E-state index in [4.69, 9.17) is 51.0 Å². The predicted molar refractivity (Wildman–Crippen MR) is 200 cm³/mol. The fourth-order valence-corrected chi connectivity index (χ4v) is 9.95. The molecule has 3 unspecified atom stereocenters. The highest BCUT2D eigenvalue weighted by Gasteiger charge is 2.42. The van der Waals surface area contributed by atoms with Crippen LogP contribution in [0.4, 0.5) is 13.2 Å². The van der Waals surface area contributed by atoms with Crippen LogP contribution in [-0.4, -0.2) is 100 Å². The van der Waals surface area contributed by atoms with Gasteiger partial charge in [-0.25, -0.2) is 9.36 Å². The molecule has 19 nitrogen and oxygen atoms in total. The standard InChI is InChI=1S/C34H53F3NO18P3/c1-24(28(54-30(42)32(2,3)4)55-31(43)33(5,6)7)13-17-48-57(44,49-18-14-38-29(41)34(35,36)37)23-58(45,50-20-19-47-22-27(39)40)53-21-25-9-11-26(12-10-25)56-59(46)51-15-8-16-52-59/h9-12,24,28H,8,13-23H2,1-7H3,(H,38,41)(H,39,40). The van der Waals surface area contributed by atoms with Crippen molar-refractivity contribution in [3.05, 3.63) is 29.8 Å². The van der Waals surface area contributed by atoms with Gasteiger partial charge in [-0.05, 0) is 72.1 Å². The van der Waals surface area contributed by atoms with E-state index in [1.165, 1.54) is 31.2 Å². The summed E-state index contributed by atoms with van der Waals surface area (Å²) in [6.45, 7) is 6.91. The molecule has 1 heterocycles. The summed E-state index contributed by atoms with van der Waals surface area (Å²) in [4.78, 5) is 47.7. The monoisotopic (exact) mass is 913 g/mol. The molecule has 0 saturated carbocycles. The van der Waals surface area contributed by atoms with Crippen LogP contribution in [0.5, 0.6) is 5.75 Å². The molecule has 1 aromatic carbocycles. The van der Waals surface area contributed by atoms with Crippen molar-refractivity contribution in [1.82, 2.24) is 5.32 Å². The Morgan fingerprint density at radius 3 is 1.88 bits per heavy atom. The number of alkyl halides is 3. The molecule has 0 spiro atoms. The molecule has 59 heavy (non-hydrogen) atoms. The number of phosphoric ester groups is 1. The van der Waals surface area contributed by atoms with Crippen molar-refractivity contribution in [2.24, 2.45) is 16.7 Å². The average Bonchev–Trinajstić information content (AvgIpc) is 3.11. The van der Waals surface area contributed by atoms with E-state index >= 15 is 0 Å². The van der Waals surface area contributed by atoms with Gasteiger partial charge in [0.15, 0.2) is 5.90 Å². The summed E-state index contributed by atoms with van der Waals surface area (Å²) >= 11 is 0. The number of carbonyl (C=O) groups is 4. The molecule has 1 aliphatic heterocycles. The molecule has 3 atom stereocenters. The van der Waals surface area contributed by atoms with Crippen LogP contribution in [-0.2, 0) is 80.8 Å². The van der Waals surface area contributed by atoms with Gasteiger partial charge in [-0.3, -0.25) is 32.6 Å². The Hall–Kier alpha value is -2.90. The number of nitrogens with one attached hydrogen (secondary N) is 1. The average molecular weight is 914 g/mol. The van der Waals surface area contributed by atoms with Gasteiger partial charge < -0.3 is 47.3 Å². The summed E-state index contributed by atoms with van der Waals surface area (Å²) in [6, 6.07) is 5.62. The van der Waals surface area contributed by atoms with Gasteiger partial charge in [-0.2, -0.15) is 13.2 Å². The second-order valence-corrected chi connectivity index (χ2v) is 21.2. The zero-order valence-corrected chi connectivity index (χ0v) is 36.5. The molecular weight excluding hydrogens is 860 g/mol. The van der Waals surface area contributed by atoms with E-state index in [0.29, 0.717) is 12.0 Å². The Balaban J connectivity index is 2.32. The predicted octanol–water partition coefficient (Wildman–Crippen LogP) is 6.83. The minimum atomic E-state index is -5.24. The van der Waals surface area contributed by atoms with Crippen LogP contribution in [0.3, 0.4) is 0 Å². The number of hydrogen-bond donors (Lipinski definition) is 2. The van der Waals surface area contributed by atoms with Gasteiger partial charge >= 0.3 is 53.0 Å². The molecule has 1 aromatic rings. The maximum atomic E-state index is 14.2. The molecule has 1 amide bonds. The van der Waals surface area contributed by atoms with Crippen LogP contribution in [0.2, 0.25) is 0 Å². The molecule has 1 saturated heterocycles. The van der Waals surface area contributed by atoms with Crippen molar-refractivity contribution in [3.63, 3.8) is 0 Å². The second kappa shape index (κ2) is 22.8.